The van der Waals surface area contributed by atoms with Crippen molar-refractivity contribution < 1.29 is 4.79 Å². The lowest BCUT2D eigenvalue weighted by atomic mass is 10.1. The average molecular weight is 289 g/mol. The maximum atomic E-state index is 12.6. The molecular formula is C17H27N3O. The molecule has 1 amide bonds. The van der Waals surface area contributed by atoms with Crippen LogP contribution in [0.1, 0.15) is 19.4 Å². The second kappa shape index (κ2) is 7.57. The number of rotatable bonds is 5. The molecule has 0 aliphatic carbocycles. The SMILES string of the molecule is CCN1CCN(C(C)C(=O)N(C)Cc2ccccc2)CC1. The number of carbonyl (C=O) groups excluding carboxylic acids is 1. The zero-order valence-corrected chi connectivity index (χ0v) is 13.5. The molecular weight excluding hydrogens is 262 g/mol. The number of hydrogen-bond acceptors (Lipinski definition) is 3. The van der Waals surface area contributed by atoms with Gasteiger partial charge in [-0.25, -0.2) is 0 Å². The molecule has 2 rings (SSSR count). The van der Waals surface area contributed by atoms with Gasteiger partial charge in [-0.1, -0.05) is 37.3 Å². The Labute approximate surface area is 128 Å². The Balaban J connectivity index is 1.87. The van der Waals surface area contributed by atoms with Crippen LogP contribution in [0.4, 0.5) is 0 Å². The highest BCUT2D eigenvalue weighted by Crippen LogP contribution is 2.10. The smallest absolute Gasteiger partial charge is 0.239 e. The van der Waals surface area contributed by atoms with E-state index in [9.17, 15) is 4.79 Å². The summed E-state index contributed by atoms with van der Waals surface area (Å²) in [7, 11) is 1.90. The predicted octanol–water partition coefficient (Wildman–Crippen LogP) is 1.67. The highest BCUT2D eigenvalue weighted by molar-refractivity contribution is 5.81. The normalized spacial score (nSPS) is 18.4. The molecule has 1 atom stereocenters. The number of piperazine rings is 1. The van der Waals surface area contributed by atoms with E-state index in [4.69, 9.17) is 0 Å². The van der Waals surface area contributed by atoms with Crippen molar-refractivity contribution in [3.63, 3.8) is 0 Å². The van der Waals surface area contributed by atoms with Crippen molar-refractivity contribution in [2.75, 3.05) is 39.8 Å². The summed E-state index contributed by atoms with van der Waals surface area (Å²) in [4.78, 5) is 19.1. The summed E-state index contributed by atoms with van der Waals surface area (Å²) in [6.07, 6.45) is 0. The zero-order chi connectivity index (χ0) is 15.2. The Bertz CT molecular complexity index is 441. The number of hydrogen-bond donors (Lipinski definition) is 0. The molecule has 116 valence electrons. The van der Waals surface area contributed by atoms with Crippen molar-refractivity contribution in [3.05, 3.63) is 35.9 Å². The fraction of sp³-hybridized carbons (Fsp3) is 0.588. The minimum Gasteiger partial charge on any atom is -0.340 e. The first-order valence-electron chi connectivity index (χ1n) is 7.87. The molecule has 0 radical (unpaired) electrons. The predicted molar refractivity (Wildman–Crippen MR) is 86.1 cm³/mol. The van der Waals surface area contributed by atoms with Crippen LogP contribution in [0.2, 0.25) is 0 Å². The summed E-state index contributed by atoms with van der Waals surface area (Å²) >= 11 is 0. The van der Waals surface area contributed by atoms with Gasteiger partial charge in [0, 0.05) is 39.8 Å². The number of likely N-dealkylation sites (N-methyl/N-ethyl adjacent to an activating group) is 2. The van der Waals surface area contributed by atoms with Gasteiger partial charge in [0.2, 0.25) is 5.91 Å². The van der Waals surface area contributed by atoms with Crippen LogP contribution in [0.3, 0.4) is 0 Å². The van der Waals surface area contributed by atoms with E-state index in [2.05, 4.69) is 28.9 Å². The third kappa shape index (κ3) is 4.29. The molecule has 1 unspecified atom stereocenters. The third-order valence-electron chi connectivity index (χ3n) is 4.40. The van der Waals surface area contributed by atoms with Gasteiger partial charge in [-0.2, -0.15) is 0 Å². The fourth-order valence-electron chi connectivity index (χ4n) is 2.88. The Morgan fingerprint density at radius 2 is 1.81 bits per heavy atom. The lowest BCUT2D eigenvalue weighted by molar-refractivity contribution is -0.136. The Morgan fingerprint density at radius 3 is 2.38 bits per heavy atom. The van der Waals surface area contributed by atoms with Crippen molar-refractivity contribution in [3.8, 4) is 0 Å². The number of benzene rings is 1. The standard InChI is InChI=1S/C17H27N3O/c1-4-19-10-12-20(13-11-19)15(2)17(21)18(3)14-16-8-6-5-7-9-16/h5-9,15H,4,10-14H2,1-3H3. The van der Waals surface area contributed by atoms with Gasteiger partial charge in [-0.15, -0.1) is 0 Å². The molecule has 4 nitrogen and oxygen atoms in total. The van der Waals surface area contributed by atoms with E-state index >= 15 is 0 Å². The van der Waals surface area contributed by atoms with Crippen LogP contribution in [-0.2, 0) is 11.3 Å². The fourth-order valence-corrected chi connectivity index (χ4v) is 2.88. The van der Waals surface area contributed by atoms with Crippen molar-refractivity contribution >= 4 is 5.91 Å². The molecule has 1 fully saturated rings. The lowest BCUT2D eigenvalue weighted by Crippen LogP contribution is -2.53. The van der Waals surface area contributed by atoms with Gasteiger partial charge in [0.1, 0.15) is 0 Å². The molecule has 0 aromatic heterocycles. The third-order valence-corrected chi connectivity index (χ3v) is 4.40. The molecule has 1 aliphatic heterocycles. The van der Waals surface area contributed by atoms with Gasteiger partial charge in [0.15, 0.2) is 0 Å². The van der Waals surface area contributed by atoms with E-state index in [1.807, 2.05) is 37.1 Å². The maximum Gasteiger partial charge on any atom is 0.239 e. The Hall–Kier alpha value is -1.39. The average Bonchev–Trinajstić information content (AvgIpc) is 2.54. The van der Waals surface area contributed by atoms with Crippen LogP contribution in [0.25, 0.3) is 0 Å². The first-order valence-corrected chi connectivity index (χ1v) is 7.87. The molecule has 21 heavy (non-hydrogen) atoms. The van der Waals surface area contributed by atoms with Crippen LogP contribution in [0.5, 0.6) is 0 Å². The summed E-state index contributed by atoms with van der Waals surface area (Å²) in [5.74, 6) is 0.212. The first kappa shape index (κ1) is 16.0. The van der Waals surface area contributed by atoms with Crippen molar-refractivity contribution in [1.82, 2.24) is 14.7 Å². The first-order chi connectivity index (χ1) is 10.1. The molecule has 1 saturated heterocycles. The summed E-state index contributed by atoms with van der Waals surface area (Å²) in [5, 5.41) is 0. The van der Waals surface area contributed by atoms with Crippen LogP contribution in [-0.4, -0.2) is 66.4 Å². The minimum absolute atomic E-state index is 0.0299. The zero-order valence-electron chi connectivity index (χ0n) is 13.5. The van der Waals surface area contributed by atoms with Gasteiger partial charge in [0.05, 0.1) is 6.04 Å². The second-order valence-corrected chi connectivity index (χ2v) is 5.83. The summed E-state index contributed by atoms with van der Waals surface area (Å²) in [6, 6.07) is 10.1. The van der Waals surface area contributed by atoms with Crippen LogP contribution in [0.15, 0.2) is 30.3 Å². The summed E-state index contributed by atoms with van der Waals surface area (Å²) < 4.78 is 0. The number of nitrogens with zero attached hydrogens (tertiary/aromatic N) is 3. The van der Waals surface area contributed by atoms with Crippen LogP contribution < -0.4 is 0 Å². The van der Waals surface area contributed by atoms with Gasteiger partial charge in [-0.05, 0) is 19.0 Å². The van der Waals surface area contributed by atoms with E-state index in [0.29, 0.717) is 6.54 Å². The second-order valence-electron chi connectivity index (χ2n) is 5.83. The highest BCUT2D eigenvalue weighted by atomic mass is 16.2. The maximum absolute atomic E-state index is 12.6. The molecule has 1 aromatic rings. The molecule has 1 aliphatic rings. The van der Waals surface area contributed by atoms with Gasteiger partial charge in [-0.3, -0.25) is 9.69 Å². The van der Waals surface area contributed by atoms with Crippen LogP contribution >= 0.6 is 0 Å². The van der Waals surface area contributed by atoms with Gasteiger partial charge >= 0.3 is 0 Å². The summed E-state index contributed by atoms with van der Waals surface area (Å²) in [6.45, 7) is 10.1. The van der Waals surface area contributed by atoms with Gasteiger partial charge in [0.25, 0.3) is 0 Å². The Morgan fingerprint density at radius 1 is 1.19 bits per heavy atom. The molecule has 0 bridgehead atoms. The monoisotopic (exact) mass is 289 g/mol. The summed E-state index contributed by atoms with van der Waals surface area (Å²) in [5.41, 5.74) is 1.18. The molecule has 0 saturated carbocycles. The topological polar surface area (TPSA) is 26.8 Å². The van der Waals surface area contributed by atoms with Gasteiger partial charge < -0.3 is 9.80 Å². The molecule has 0 spiro atoms. The van der Waals surface area contributed by atoms with E-state index < -0.39 is 0 Å². The van der Waals surface area contributed by atoms with Crippen molar-refractivity contribution in [2.45, 2.75) is 26.4 Å². The lowest BCUT2D eigenvalue weighted by Gasteiger charge is -2.38. The molecule has 0 N–H and O–H groups in total. The van der Waals surface area contributed by atoms with Crippen molar-refractivity contribution in [1.29, 1.82) is 0 Å². The Kier molecular flexibility index (Phi) is 5.76. The molecule has 1 aromatic carbocycles. The van der Waals surface area contributed by atoms with E-state index in [1.54, 1.807) is 0 Å². The van der Waals surface area contributed by atoms with E-state index in [1.165, 1.54) is 5.56 Å². The van der Waals surface area contributed by atoms with E-state index in [0.717, 1.165) is 32.7 Å². The molecule has 1 heterocycles. The highest BCUT2D eigenvalue weighted by Gasteiger charge is 2.26. The minimum atomic E-state index is -0.0299. The number of amides is 1. The van der Waals surface area contributed by atoms with Crippen LogP contribution in [0, 0.1) is 0 Å². The largest absolute Gasteiger partial charge is 0.340 e. The molecule has 4 heteroatoms. The van der Waals surface area contributed by atoms with Crippen molar-refractivity contribution in [2.24, 2.45) is 0 Å². The number of carbonyl (C=O) groups is 1. The quantitative estimate of drug-likeness (QED) is 0.825. The van der Waals surface area contributed by atoms with E-state index in [-0.39, 0.29) is 11.9 Å².